The number of hydrogen-bond donors (Lipinski definition) is 1. The molecule has 0 saturated heterocycles. The Morgan fingerprint density at radius 3 is 2.76 bits per heavy atom. The third kappa shape index (κ3) is 5.14. The van der Waals surface area contributed by atoms with Crippen molar-refractivity contribution in [1.82, 2.24) is 10.3 Å². The molecule has 3 nitrogen and oxygen atoms in total. The van der Waals surface area contributed by atoms with Crippen LogP contribution in [0.5, 0.6) is 5.75 Å². The lowest BCUT2D eigenvalue weighted by atomic mass is 10.2. The summed E-state index contributed by atoms with van der Waals surface area (Å²) in [5, 5.41) is 3.48. The maximum Gasteiger partial charge on any atom is 0.138 e. The summed E-state index contributed by atoms with van der Waals surface area (Å²) in [4.78, 5) is 6.94. The molecule has 1 N–H and O–H groups in total. The summed E-state index contributed by atoms with van der Waals surface area (Å²) in [6.07, 6.45) is 1.78. The van der Waals surface area contributed by atoms with E-state index in [-0.39, 0.29) is 0 Å². The highest BCUT2D eigenvalue weighted by Crippen LogP contribution is 2.23. The number of thiophene rings is 1. The van der Waals surface area contributed by atoms with E-state index in [1.165, 1.54) is 15.3 Å². The Morgan fingerprint density at radius 2 is 2.10 bits per heavy atom. The van der Waals surface area contributed by atoms with Gasteiger partial charge in [0.25, 0.3) is 0 Å². The molecule has 0 aliphatic heterocycles. The third-order valence-electron chi connectivity index (χ3n) is 3.20. The van der Waals surface area contributed by atoms with Crippen molar-refractivity contribution >= 4 is 11.3 Å². The molecule has 0 unspecified atom stereocenters. The van der Waals surface area contributed by atoms with E-state index in [1.54, 1.807) is 6.20 Å². The SMILES string of the molecule is Cc1ccc(OCc2cc(CNCC(C)C)sc2C)cn1. The van der Waals surface area contributed by atoms with Crippen LogP contribution in [0, 0.1) is 19.8 Å². The molecule has 0 aliphatic carbocycles. The number of aromatic nitrogens is 1. The Bertz CT molecular complexity index is 561. The maximum atomic E-state index is 5.81. The molecule has 0 aromatic carbocycles. The quantitative estimate of drug-likeness (QED) is 0.837. The second kappa shape index (κ2) is 7.57. The van der Waals surface area contributed by atoms with Crippen LogP contribution < -0.4 is 10.1 Å². The predicted octanol–water partition coefficient (Wildman–Crippen LogP) is 4.08. The first kappa shape index (κ1) is 16.0. The van der Waals surface area contributed by atoms with Crippen molar-refractivity contribution in [2.45, 2.75) is 40.8 Å². The smallest absolute Gasteiger partial charge is 0.138 e. The first-order valence-electron chi connectivity index (χ1n) is 7.39. The van der Waals surface area contributed by atoms with Gasteiger partial charge in [-0.05, 0) is 44.5 Å². The molecule has 0 aliphatic rings. The zero-order chi connectivity index (χ0) is 15.2. The molecule has 114 valence electrons. The summed E-state index contributed by atoms with van der Waals surface area (Å²) >= 11 is 1.85. The van der Waals surface area contributed by atoms with E-state index in [4.69, 9.17) is 4.74 Å². The fraction of sp³-hybridized carbons (Fsp3) is 0.471. The molecule has 4 heteroatoms. The van der Waals surface area contributed by atoms with Crippen molar-refractivity contribution in [3.8, 4) is 5.75 Å². The topological polar surface area (TPSA) is 34.1 Å². The van der Waals surface area contributed by atoms with Crippen molar-refractivity contribution < 1.29 is 4.74 Å². The summed E-state index contributed by atoms with van der Waals surface area (Å²) in [6, 6.07) is 6.18. The van der Waals surface area contributed by atoms with Crippen LogP contribution >= 0.6 is 11.3 Å². The summed E-state index contributed by atoms with van der Waals surface area (Å²) in [5.74, 6) is 1.51. The van der Waals surface area contributed by atoms with E-state index in [0.29, 0.717) is 12.5 Å². The number of ether oxygens (including phenoxy) is 1. The Balaban J connectivity index is 1.88. The van der Waals surface area contributed by atoms with E-state index >= 15 is 0 Å². The molecule has 0 amide bonds. The van der Waals surface area contributed by atoms with Crippen molar-refractivity contribution in [3.63, 3.8) is 0 Å². The van der Waals surface area contributed by atoms with Crippen molar-refractivity contribution in [2.75, 3.05) is 6.54 Å². The highest BCUT2D eigenvalue weighted by molar-refractivity contribution is 7.12. The van der Waals surface area contributed by atoms with Gasteiger partial charge in [-0.2, -0.15) is 0 Å². The standard InChI is InChI=1S/C17H24N2OS/c1-12(2)8-18-10-17-7-15(14(4)21-17)11-20-16-6-5-13(3)19-9-16/h5-7,9,12,18H,8,10-11H2,1-4H3. The van der Waals surface area contributed by atoms with Crippen LogP contribution in [-0.4, -0.2) is 11.5 Å². The molecule has 2 rings (SSSR count). The summed E-state index contributed by atoms with van der Waals surface area (Å²) < 4.78 is 5.81. The number of pyridine rings is 1. The molecule has 0 bridgehead atoms. The van der Waals surface area contributed by atoms with Crippen molar-refractivity contribution in [2.24, 2.45) is 5.92 Å². The first-order valence-corrected chi connectivity index (χ1v) is 8.20. The van der Waals surface area contributed by atoms with Gasteiger partial charge in [0.1, 0.15) is 12.4 Å². The molecule has 2 heterocycles. The van der Waals surface area contributed by atoms with Gasteiger partial charge < -0.3 is 10.1 Å². The lowest BCUT2D eigenvalue weighted by Crippen LogP contribution is -2.18. The zero-order valence-electron chi connectivity index (χ0n) is 13.3. The average Bonchev–Trinajstić information content (AvgIpc) is 2.78. The fourth-order valence-corrected chi connectivity index (χ4v) is 3.02. The zero-order valence-corrected chi connectivity index (χ0v) is 14.1. The molecule has 2 aromatic rings. The Kier molecular flexibility index (Phi) is 5.76. The number of nitrogens with zero attached hydrogens (tertiary/aromatic N) is 1. The minimum Gasteiger partial charge on any atom is -0.487 e. The van der Waals surface area contributed by atoms with E-state index in [1.807, 2.05) is 30.4 Å². The predicted molar refractivity (Wildman–Crippen MR) is 88.9 cm³/mol. The minimum absolute atomic E-state index is 0.608. The first-order chi connectivity index (χ1) is 10.0. The van der Waals surface area contributed by atoms with E-state index in [9.17, 15) is 0 Å². The summed E-state index contributed by atoms with van der Waals surface area (Å²) in [7, 11) is 0. The van der Waals surface area contributed by atoms with Gasteiger partial charge in [-0.3, -0.25) is 4.98 Å². The average molecular weight is 304 g/mol. The second-order valence-corrected chi connectivity index (χ2v) is 7.08. The third-order valence-corrected chi connectivity index (χ3v) is 4.29. The number of nitrogens with one attached hydrogen (secondary N) is 1. The number of hydrogen-bond acceptors (Lipinski definition) is 4. The molecular weight excluding hydrogens is 280 g/mol. The Morgan fingerprint density at radius 1 is 1.29 bits per heavy atom. The van der Waals surface area contributed by atoms with Crippen molar-refractivity contribution in [3.05, 3.63) is 45.4 Å². The van der Waals surface area contributed by atoms with Gasteiger partial charge in [0.15, 0.2) is 0 Å². The van der Waals surface area contributed by atoms with Crippen LogP contribution in [0.1, 0.15) is 34.9 Å². The van der Waals surface area contributed by atoms with Gasteiger partial charge in [0.2, 0.25) is 0 Å². The molecule has 0 atom stereocenters. The maximum absolute atomic E-state index is 5.81. The minimum atomic E-state index is 0.608. The van der Waals surface area contributed by atoms with Gasteiger partial charge in [-0.1, -0.05) is 13.8 Å². The summed E-state index contributed by atoms with van der Waals surface area (Å²) in [5.41, 5.74) is 2.27. The lowest BCUT2D eigenvalue weighted by Gasteiger charge is -2.06. The second-order valence-electron chi connectivity index (χ2n) is 5.74. The molecular formula is C17H24N2OS. The van der Waals surface area contributed by atoms with Crippen LogP contribution in [0.4, 0.5) is 0 Å². The van der Waals surface area contributed by atoms with Crippen LogP contribution in [0.15, 0.2) is 24.4 Å². The molecule has 0 fully saturated rings. The van der Waals surface area contributed by atoms with Gasteiger partial charge >= 0.3 is 0 Å². The van der Waals surface area contributed by atoms with E-state index < -0.39 is 0 Å². The monoisotopic (exact) mass is 304 g/mol. The van der Waals surface area contributed by atoms with E-state index in [0.717, 1.165) is 24.5 Å². The van der Waals surface area contributed by atoms with Crippen LogP contribution in [0.25, 0.3) is 0 Å². The largest absolute Gasteiger partial charge is 0.487 e. The van der Waals surface area contributed by atoms with E-state index in [2.05, 4.69) is 37.1 Å². The lowest BCUT2D eigenvalue weighted by molar-refractivity contribution is 0.304. The number of rotatable bonds is 7. The number of aryl methyl sites for hydroxylation is 2. The Hall–Kier alpha value is -1.39. The van der Waals surface area contributed by atoms with Crippen molar-refractivity contribution in [1.29, 1.82) is 0 Å². The summed E-state index contributed by atoms with van der Waals surface area (Å²) in [6.45, 7) is 11.2. The van der Waals surface area contributed by atoms with Crippen LogP contribution in [0.2, 0.25) is 0 Å². The van der Waals surface area contributed by atoms with Crippen LogP contribution in [0.3, 0.4) is 0 Å². The molecule has 0 spiro atoms. The van der Waals surface area contributed by atoms with Gasteiger partial charge in [0.05, 0.1) is 6.20 Å². The molecule has 0 saturated carbocycles. The van der Waals surface area contributed by atoms with Gasteiger partial charge in [-0.25, -0.2) is 0 Å². The van der Waals surface area contributed by atoms with Crippen LogP contribution in [-0.2, 0) is 13.2 Å². The normalized spacial score (nSPS) is 11.1. The Labute approximate surface area is 131 Å². The molecule has 0 radical (unpaired) electrons. The fourth-order valence-electron chi connectivity index (χ4n) is 2.00. The molecule has 21 heavy (non-hydrogen) atoms. The highest BCUT2D eigenvalue weighted by atomic mass is 32.1. The highest BCUT2D eigenvalue weighted by Gasteiger charge is 2.07. The van der Waals surface area contributed by atoms with Gasteiger partial charge in [0, 0.05) is 27.6 Å². The van der Waals surface area contributed by atoms with Gasteiger partial charge in [-0.15, -0.1) is 11.3 Å². The molecule has 2 aromatic heterocycles.